The van der Waals surface area contributed by atoms with Crippen LogP contribution in [0, 0.1) is 11.3 Å². The van der Waals surface area contributed by atoms with Crippen molar-refractivity contribution >= 4 is 17.0 Å². The lowest BCUT2D eigenvalue weighted by Gasteiger charge is -2.07. The number of benzene rings is 1. The number of hydrogen-bond donors (Lipinski definition) is 1. The van der Waals surface area contributed by atoms with Crippen molar-refractivity contribution in [2.24, 2.45) is 0 Å². The van der Waals surface area contributed by atoms with Crippen LogP contribution in [0.4, 0.5) is 5.69 Å². The maximum absolute atomic E-state index is 8.99. The lowest BCUT2D eigenvalue weighted by Crippen LogP contribution is -2.01. The van der Waals surface area contributed by atoms with Crippen LogP contribution < -0.4 is 5.32 Å². The Morgan fingerprint density at radius 3 is 2.88 bits per heavy atom. The smallest absolute Gasteiger partial charge is 0.101 e. The van der Waals surface area contributed by atoms with Crippen LogP contribution in [0.15, 0.2) is 35.7 Å². The topological polar surface area (TPSA) is 35.8 Å². The molecule has 17 heavy (non-hydrogen) atoms. The van der Waals surface area contributed by atoms with Crippen LogP contribution in [-0.2, 0) is 13.0 Å². The molecule has 2 rings (SSSR count). The van der Waals surface area contributed by atoms with Crippen molar-refractivity contribution in [1.82, 2.24) is 0 Å². The van der Waals surface area contributed by atoms with Crippen LogP contribution in [0.2, 0.25) is 0 Å². The summed E-state index contributed by atoms with van der Waals surface area (Å²) in [7, 11) is 0. The van der Waals surface area contributed by atoms with E-state index in [1.54, 1.807) is 11.3 Å². The largest absolute Gasteiger partial charge is 0.379 e. The highest BCUT2D eigenvalue weighted by Crippen LogP contribution is 2.20. The third-order valence-corrected chi connectivity index (χ3v) is 3.67. The lowest BCUT2D eigenvalue weighted by atomic mass is 10.2. The standard InChI is InChI=1S/C14H14N2S/c1-2-11-7-8-17-14(11)10-16-13-6-4-3-5-12(13)9-15/h3-8,16H,2,10H2,1H3. The average Bonchev–Trinajstić information content (AvgIpc) is 2.84. The van der Waals surface area contributed by atoms with Crippen LogP contribution in [0.25, 0.3) is 0 Å². The maximum Gasteiger partial charge on any atom is 0.101 e. The third kappa shape index (κ3) is 2.66. The summed E-state index contributed by atoms with van der Waals surface area (Å²) >= 11 is 1.76. The summed E-state index contributed by atoms with van der Waals surface area (Å²) in [6.07, 6.45) is 1.06. The van der Waals surface area contributed by atoms with Crippen molar-refractivity contribution in [3.63, 3.8) is 0 Å². The summed E-state index contributed by atoms with van der Waals surface area (Å²) < 4.78 is 0. The van der Waals surface area contributed by atoms with E-state index < -0.39 is 0 Å². The molecule has 0 amide bonds. The number of nitrogens with zero attached hydrogens (tertiary/aromatic N) is 1. The summed E-state index contributed by atoms with van der Waals surface area (Å²) in [6.45, 7) is 2.95. The van der Waals surface area contributed by atoms with Gasteiger partial charge >= 0.3 is 0 Å². The molecule has 1 N–H and O–H groups in total. The number of thiophene rings is 1. The SMILES string of the molecule is CCc1ccsc1CNc1ccccc1C#N. The predicted molar refractivity (Wildman–Crippen MR) is 72.2 cm³/mol. The minimum Gasteiger partial charge on any atom is -0.379 e. The molecule has 2 nitrogen and oxygen atoms in total. The van der Waals surface area contributed by atoms with Crippen LogP contribution >= 0.6 is 11.3 Å². The second-order valence-electron chi connectivity index (χ2n) is 3.73. The van der Waals surface area contributed by atoms with Crippen molar-refractivity contribution < 1.29 is 0 Å². The summed E-state index contributed by atoms with van der Waals surface area (Å²) in [4.78, 5) is 1.35. The van der Waals surface area contributed by atoms with Crippen LogP contribution in [0.1, 0.15) is 22.9 Å². The minimum atomic E-state index is 0.696. The molecule has 3 heteroatoms. The minimum absolute atomic E-state index is 0.696. The number of aryl methyl sites for hydroxylation is 1. The molecule has 0 spiro atoms. The van der Waals surface area contributed by atoms with E-state index in [1.165, 1.54) is 10.4 Å². The molecule has 0 radical (unpaired) electrons. The van der Waals surface area contributed by atoms with E-state index in [9.17, 15) is 0 Å². The fourth-order valence-corrected chi connectivity index (χ4v) is 2.66. The van der Waals surface area contributed by atoms with Crippen LogP contribution in [0.5, 0.6) is 0 Å². The molecule has 0 aliphatic heterocycles. The Labute approximate surface area is 106 Å². The van der Waals surface area contributed by atoms with Crippen LogP contribution in [-0.4, -0.2) is 0 Å². The molecule has 0 bridgehead atoms. The third-order valence-electron chi connectivity index (χ3n) is 2.71. The van der Waals surface area contributed by atoms with Crippen molar-refractivity contribution in [2.45, 2.75) is 19.9 Å². The zero-order valence-electron chi connectivity index (χ0n) is 9.73. The number of anilines is 1. The van der Waals surface area contributed by atoms with Gasteiger partial charge in [0, 0.05) is 11.4 Å². The Kier molecular flexibility index (Phi) is 3.79. The van der Waals surface area contributed by atoms with Crippen molar-refractivity contribution in [3.05, 3.63) is 51.7 Å². The predicted octanol–water partition coefficient (Wildman–Crippen LogP) is 3.79. The number of nitrogens with one attached hydrogen (secondary N) is 1. The summed E-state index contributed by atoms with van der Waals surface area (Å²) in [5, 5.41) is 14.4. The highest BCUT2D eigenvalue weighted by Gasteiger charge is 2.04. The molecule has 1 heterocycles. The monoisotopic (exact) mass is 242 g/mol. The Morgan fingerprint density at radius 2 is 2.12 bits per heavy atom. The van der Waals surface area contributed by atoms with Gasteiger partial charge in [-0.1, -0.05) is 19.1 Å². The van der Waals surface area contributed by atoms with Gasteiger partial charge in [-0.15, -0.1) is 11.3 Å². The zero-order chi connectivity index (χ0) is 12.1. The molecule has 0 unspecified atom stereocenters. The molecule has 0 atom stereocenters. The van der Waals surface area contributed by atoms with Crippen molar-refractivity contribution in [1.29, 1.82) is 5.26 Å². The van der Waals surface area contributed by atoms with Gasteiger partial charge in [0.15, 0.2) is 0 Å². The van der Waals surface area contributed by atoms with Crippen LogP contribution in [0.3, 0.4) is 0 Å². The highest BCUT2D eigenvalue weighted by atomic mass is 32.1. The van der Waals surface area contributed by atoms with E-state index >= 15 is 0 Å². The Morgan fingerprint density at radius 1 is 1.29 bits per heavy atom. The highest BCUT2D eigenvalue weighted by molar-refractivity contribution is 7.10. The molecular formula is C14H14N2S. The molecule has 0 aliphatic carbocycles. The molecule has 2 aromatic rings. The second kappa shape index (κ2) is 5.51. The number of rotatable bonds is 4. The lowest BCUT2D eigenvalue weighted by molar-refractivity contribution is 1.08. The Balaban J connectivity index is 2.10. The zero-order valence-corrected chi connectivity index (χ0v) is 10.6. The van der Waals surface area contributed by atoms with Crippen molar-refractivity contribution in [3.8, 4) is 6.07 Å². The Bertz CT molecular complexity index is 537. The number of para-hydroxylation sites is 1. The first-order chi connectivity index (χ1) is 8.35. The molecule has 0 saturated carbocycles. The van der Waals surface area contributed by atoms with E-state index in [2.05, 4.69) is 29.8 Å². The van der Waals surface area contributed by atoms with Gasteiger partial charge in [-0.3, -0.25) is 0 Å². The Hall–Kier alpha value is -1.79. The number of nitriles is 1. The summed E-state index contributed by atoms with van der Waals surface area (Å²) in [5.41, 5.74) is 2.99. The molecule has 1 aromatic heterocycles. The van der Waals surface area contributed by atoms with Gasteiger partial charge in [0.25, 0.3) is 0 Å². The van der Waals surface area contributed by atoms with Gasteiger partial charge in [0.2, 0.25) is 0 Å². The molecule has 0 saturated heterocycles. The van der Waals surface area contributed by atoms with E-state index in [-0.39, 0.29) is 0 Å². The fraction of sp³-hybridized carbons (Fsp3) is 0.214. The first-order valence-electron chi connectivity index (χ1n) is 5.63. The first kappa shape index (κ1) is 11.7. The maximum atomic E-state index is 8.99. The normalized spacial score (nSPS) is 9.88. The van der Waals surface area contributed by atoms with E-state index in [0.29, 0.717) is 5.56 Å². The quantitative estimate of drug-likeness (QED) is 0.885. The van der Waals surface area contributed by atoms with Gasteiger partial charge in [-0.2, -0.15) is 5.26 Å². The number of hydrogen-bond acceptors (Lipinski definition) is 3. The van der Waals surface area contributed by atoms with E-state index in [1.807, 2.05) is 24.3 Å². The van der Waals surface area contributed by atoms with Gasteiger partial charge in [-0.05, 0) is 35.6 Å². The van der Waals surface area contributed by atoms with E-state index in [4.69, 9.17) is 5.26 Å². The van der Waals surface area contributed by atoms with Gasteiger partial charge in [0.1, 0.15) is 6.07 Å². The summed E-state index contributed by atoms with van der Waals surface area (Å²) in [5.74, 6) is 0. The molecule has 86 valence electrons. The first-order valence-corrected chi connectivity index (χ1v) is 6.51. The second-order valence-corrected chi connectivity index (χ2v) is 4.73. The molecular weight excluding hydrogens is 228 g/mol. The average molecular weight is 242 g/mol. The fourth-order valence-electron chi connectivity index (χ4n) is 1.75. The molecule has 0 aliphatic rings. The molecule has 1 aromatic carbocycles. The van der Waals surface area contributed by atoms with Gasteiger partial charge in [-0.25, -0.2) is 0 Å². The molecule has 0 fully saturated rings. The van der Waals surface area contributed by atoms with E-state index in [0.717, 1.165) is 18.7 Å². The van der Waals surface area contributed by atoms with Gasteiger partial charge in [0.05, 0.1) is 11.3 Å². The van der Waals surface area contributed by atoms with Gasteiger partial charge < -0.3 is 5.32 Å². The van der Waals surface area contributed by atoms with Crippen molar-refractivity contribution in [2.75, 3.05) is 5.32 Å². The summed E-state index contributed by atoms with van der Waals surface area (Å²) in [6, 6.07) is 12.0.